The van der Waals surface area contributed by atoms with Gasteiger partial charge in [0.1, 0.15) is 5.75 Å². The Morgan fingerprint density at radius 2 is 2.00 bits per heavy atom. The van der Waals surface area contributed by atoms with Crippen LogP contribution in [-0.4, -0.2) is 35.1 Å². The van der Waals surface area contributed by atoms with Crippen LogP contribution in [0.1, 0.15) is 49.7 Å². The first-order chi connectivity index (χ1) is 16.7. The number of amides is 1. The van der Waals surface area contributed by atoms with Crippen LogP contribution >= 0.6 is 11.3 Å². The summed E-state index contributed by atoms with van der Waals surface area (Å²) in [5, 5.41) is 2.94. The maximum absolute atomic E-state index is 13.6. The Morgan fingerprint density at radius 3 is 2.66 bits per heavy atom. The third kappa shape index (κ3) is 5.90. The fourth-order valence-electron chi connectivity index (χ4n) is 4.97. The minimum atomic E-state index is -0.453. The van der Waals surface area contributed by atoms with Crippen LogP contribution in [0.15, 0.2) is 60.8 Å². The molecule has 1 aliphatic heterocycles. The summed E-state index contributed by atoms with van der Waals surface area (Å²) in [6.07, 6.45) is 4.05. The number of nitrogens with one attached hydrogen (secondary N) is 1. The van der Waals surface area contributed by atoms with Gasteiger partial charge in [-0.1, -0.05) is 24.3 Å². The van der Waals surface area contributed by atoms with E-state index in [9.17, 15) is 9.18 Å². The van der Waals surface area contributed by atoms with E-state index in [1.54, 1.807) is 12.1 Å². The number of rotatable bonds is 8. The predicted molar refractivity (Wildman–Crippen MR) is 138 cm³/mol. The van der Waals surface area contributed by atoms with E-state index >= 15 is 0 Å². The number of hydrogen-bond acceptors (Lipinski definition) is 5. The minimum Gasteiger partial charge on any atom is -0.410 e. The average molecular weight is 496 g/mol. The number of carbonyl (C=O) groups is 1. The molecule has 7 heteroatoms. The maximum Gasteiger partial charge on any atom is 0.412 e. The van der Waals surface area contributed by atoms with Crippen LogP contribution in [0.25, 0.3) is 0 Å². The zero-order chi connectivity index (χ0) is 25.1. The van der Waals surface area contributed by atoms with Gasteiger partial charge in [-0.2, -0.15) is 4.39 Å². The molecule has 1 amide bonds. The first kappa shape index (κ1) is 25.3. The van der Waals surface area contributed by atoms with Gasteiger partial charge in [-0.15, -0.1) is 11.3 Å². The highest BCUT2D eigenvalue weighted by atomic mass is 32.1. The second-order valence-corrected chi connectivity index (χ2v) is 11.2. The molecule has 0 radical (unpaired) electrons. The van der Waals surface area contributed by atoms with Crippen molar-refractivity contribution in [1.29, 1.82) is 0 Å². The highest BCUT2D eigenvalue weighted by Gasteiger charge is 2.47. The zero-order valence-corrected chi connectivity index (χ0v) is 21.7. The summed E-state index contributed by atoms with van der Waals surface area (Å²) in [6.45, 7) is 10.2. The molecule has 1 aliphatic rings. The van der Waals surface area contributed by atoms with E-state index < -0.39 is 6.09 Å². The summed E-state index contributed by atoms with van der Waals surface area (Å²) in [5.74, 6) is 0.515. The standard InChI is InChI=1S/C28H34FN3O2S/c1-20-10-11-22(18-30-20)27(3,4)32-17-16-28(19-32,15-14-24-12-13-25(29)35-24)21(2)31-26(33)34-23-8-6-5-7-9-23/h5-13,18,21H,14-17,19H2,1-4H3,(H,31,33)/t21-,28?/m1/s1. The summed E-state index contributed by atoms with van der Waals surface area (Å²) >= 11 is 1.20. The van der Waals surface area contributed by atoms with Gasteiger partial charge in [-0.3, -0.25) is 9.88 Å². The monoisotopic (exact) mass is 495 g/mol. The Bertz CT molecular complexity index is 1130. The van der Waals surface area contributed by atoms with Crippen LogP contribution in [-0.2, 0) is 12.0 Å². The number of halogens is 1. The molecule has 1 saturated heterocycles. The van der Waals surface area contributed by atoms with Crippen LogP contribution in [0.5, 0.6) is 5.75 Å². The molecule has 0 bridgehead atoms. The first-order valence-electron chi connectivity index (χ1n) is 12.1. The molecule has 0 saturated carbocycles. The zero-order valence-electron chi connectivity index (χ0n) is 20.9. The van der Waals surface area contributed by atoms with Crippen molar-refractivity contribution in [2.24, 2.45) is 5.41 Å². The van der Waals surface area contributed by atoms with Gasteiger partial charge >= 0.3 is 6.09 Å². The largest absolute Gasteiger partial charge is 0.412 e. The molecule has 1 fully saturated rings. The van der Waals surface area contributed by atoms with Gasteiger partial charge in [0, 0.05) is 40.3 Å². The molecule has 5 nitrogen and oxygen atoms in total. The number of thiophene rings is 1. The highest BCUT2D eigenvalue weighted by Crippen LogP contribution is 2.44. The van der Waals surface area contributed by atoms with Crippen molar-refractivity contribution in [3.8, 4) is 5.75 Å². The number of likely N-dealkylation sites (tertiary alicyclic amines) is 1. The topological polar surface area (TPSA) is 54.5 Å². The second kappa shape index (κ2) is 10.5. The lowest BCUT2D eigenvalue weighted by molar-refractivity contribution is 0.110. The van der Waals surface area contributed by atoms with Gasteiger partial charge in [0.2, 0.25) is 0 Å². The Labute approximate surface area is 211 Å². The number of ether oxygens (including phenoxy) is 1. The molecule has 1 aromatic carbocycles. The Kier molecular flexibility index (Phi) is 7.57. The lowest BCUT2D eigenvalue weighted by Gasteiger charge is -2.40. The van der Waals surface area contributed by atoms with Crippen LogP contribution in [0.2, 0.25) is 0 Å². The molecule has 2 aromatic heterocycles. The number of aromatic nitrogens is 1. The van der Waals surface area contributed by atoms with Crippen molar-refractivity contribution >= 4 is 17.4 Å². The summed E-state index contributed by atoms with van der Waals surface area (Å²) in [5.41, 5.74) is 1.79. The van der Waals surface area contributed by atoms with Crippen molar-refractivity contribution in [2.45, 2.75) is 58.5 Å². The van der Waals surface area contributed by atoms with Crippen LogP contribution in [0, 0.1) is 17.5 Å². The van der Waals surface area contributed by atoms with Gasteiger partial charge in [-0.25, -0.2) is 4.79 Å². The minimum absolute atomic E-state index is 0.125. The number of aryl methyl sites for hydroxylation is 2. The maximum atomic E-state index is 13.6. The van der Waals surface area contributed by atoms with Gasteiger partial charge in [-0.05, 0) is 89.4 Å². The Morgan fingerprint density at radius 1 is 1.23 bits per heavy atom. The fourth-order valence-corrected chi connectivity index (χ4v) is 5.70. The average Bonchev–Trinajstić information content (AvgIpc) is 3.46. The van der Waals surface area contributed by atoms with Crippen molar-refractivity contribution < 1.29 is 13.9 Å². The summed E-state index contributed by atoms with van der Waals surface area (Å²) in [6, 6.07) is 16.6. The molecule has 1 unspecified atom stereocenters. The number of benzene rings is 1. The molecule has 186 valence electrons. The lowest BCUT2D eigenvalue weighted by atomic mass is 9.76. The molecule has 3 heterocycles. The van der Waals surface area contributed by atoms with Crippen LogP contribution in [0.3, 0.4) is 0 Å². The van der Waals surface area contributed by atoms with E-state index in [0.29, 0.717) is 5.75 Å². The highest BCUT2D eigenvalue weighted by molar-refractivity contribution is 7.10. The van der Waals surface area contributed by atoms with Crippen molar-refractivity contribution in [3.63, 3.8) is 0 Å². The summed E-state index contributed by atoms with van der Waals surface area (Å²) in [4.78, 5) is 20.8. The van der Waals surface area contributed by atoms with E-state index in [0.717, 1.165) is 42.9 Å². The molecule has 35 heavy (non-hydrogen) atoms. The van der Waals surface area contributed by atoms with Gasteiger partial charge in [0.15, 0.2) is 5.13 Å². The van der Waals surface area contributed by atoms with Gasteiger partial charge < -0.3 is 10.1 Å². The third-order valence-corrected chi connectivity index (χ3v) is 8.43. The summed E-state index contributed by atoms with van der Waals surface area (Å²) < 4.78 is 19.1. The number of pyridine rings is 1. The van der Waals surface area contributed by atoms with E-state index in [4.69, 9.17) is 4.74 Å². The van der Waals surface area contributed by atoms with Crippen LogP contribution in [0.4, 0.5) is 9.18 Å². The second-order valence-electron chi connectivity index (χ2n) is 10.1. The van der Waals surface area contributed by atoms with Gasteiger partial charge in [0.05, 0.1) is 0 Å². The van der Waals surface area contributed by atoms with E-state index in [1.807, 2.05) is 37.4 Å². The molecule has 1 N–H and O–H groups in total. The Hall–Kier alpha value is -2.77. The quantitative estimate of drug-likeness (QED) is 0.397. The number of carbonyl (C=O) groups excluding carboxylic acids is 1. The van der Waals surface area contributed by atoms with Crippen LogP contribution < -0.4 is 10.1 Å². The smallest absolute Gasteiger partial charge is 0.410 e. The van der Waals surface area contributed by atoms with Crippen molar-refractivity contribution in [1.82, 2.24) is 15.2 Å². The molecule has 4 rings (SSSR count). The number of hydrogen-bond donors (Lipinski definition) is 1. The number of nitrogens with zero attached hydrogens (tertiary/aromatic N) is 2. The van der Waals surface area contributed by atoms with E-state index in [2.05, 4.69) is 48.1 Å². The molecule has 3 aromatic rings. The number of para-hydroxylation sites is 1. The molecular formula is C28H34FN3O2S. The molecular weight excluding hydrogens is 461 g/mol. The predicted octanol–water partition coefficient (Wildman–Crippen LogP) is 6.33. The lowest BCUT2D eigenvalue weighted by Crippen LogP contribution is -2.50. The first-order valence-corrected chi connectivity index (χ1v) is 13.0. The Balaban J connectivity index is 1.52. The third-order valence-electron chi connectivity index (χ3n) is 7.50. The SMILES string of the molecule is Cc1ccc(C(C)(C)N2CCC(CCc3ccc(F)s3)([C@@H](C)NC(=O)Oc3ccccc3)C2)cn1. The van der Waals surface area contributed by atoms with Gasteiger partial charge in [0.25, 0.3) is 0 Å². The van der Waals surface area contributed by atoms with Crippen molar-refractivity contribution in [3.05, 3.63) is 82.1 Å². The molecule has 0 spiro atoms. The van der Waals surface area contributed by atoms with E-state index in [1.165, 1.54) is 23.0 Å². The molecule has 0 aliphatic carbocycles. The fraction of sp³-hybridized carbons (Fsp3) is 0.429. The van der Waals surface area contributed by atoms with E-state index in [-0.39, 0.29) is 22.1 Å². The molecule has 2 atom stereocenters. The normalized spacial score (nSPS) is 19.5. The van der Waals surface area contributed by atoms with Crippen molar-refractivity contribution in [2.75, 3.05) is 13.1 Å². The summed E-state index contributed by atoms with van der Waals surface area (Å²) in [7, 11) is 0.